The molecule has 14 heteroatoms. The Labute approximate surface area is 323 Å². The Balaban J connectivity index is 0.000000223. The van der Waals surface area contributed by atoms with Crippen LogP contribution >= 0.6 is 0 Å². The Morgan fingerprint density at radius 1 is 0.571 bits per heavy atom. The average molecular weight is 766 g/mol. The second-order valence-electron chi connectivity index (χ2n) is 13.0. The van der Waals surface area contributed by atoms with Crippen LogP contribution in [0.4, 0.5) is 9.59 Å². The Morgan fingerprint density at radius 3 is 1.41 bits per heavy atom. The van der Waals surface area contributed by atoms with Gasteiger partial charge in [0.1, 0.15) is 19.3 Å². The number of hydrogen-bond donors (Lipinski definition) is 5. The van der Waals surface area contributed by atoms with Crippen LogP contribution in [0.5, 0.6) is 0 Å². The molecule has 0 saturated heterocycles. The molecule has 0 heterocycles. The van der Waals surface area contributed by atoms with E-state index in [0.717, 1.165) is 22.3 Å². The van der Waals surface area contributed by atoms with E-state index in [1.165, 1.54) is 29.4 Å². The van der Waals surface area contributed by atoms with Crippen LogP contribution in [0.3, 0.4) is 0 Å². The highest BCUT2D eigenvalue weighted by Crippen LogP contribution is 2.45. The Bertz CT molecular complexity index is 1980. The molecule has 2 aliphatic rings. The summed E-state index contributed by atoms with van der Waals surface area (Å²) < 4.78 is 15.3. The predicted molar refractivity (Wildman–Crippen MR) is 204 cm³/mol. The van der Waals surface area contributed by atoms with Crippen molar-refractivity contribution in [3.63, 3.8) is 0 Å². The summed E-state index contributed by atoms with van der Waals surface area (Å²) in [6.45, 7) is 0.373. The second kappa shape index (κ2) is 19.6. The van der Waals surface area contributed by atoms with E-state index >= 15 is 0 Å². The third-order valence-corrected chi connectivity index (χ3v) is 9.41. The minimum Gasteiger partial charge on any atom is -0.481 e. The van der Waals surface area contributed by atoms with Crippen LogP contribution in [-0.4, -0.2) is 85.7 Å². The number of nitrogens with one attached hydrogen (secondary N) is 3. The van der Waals surface area contributed by atoms with Gasteiger partial charge in [-0.1, -0.05) is 97.1 Å². The van der Waals surface area contributed by atoms with Gasteiger partial charge >= 0.3 is 30.1 Å². The number of esters is 1. The summed E-state index contributed by atoms with van der Waals surface area (Å²) >= 11 is 0. The van der Waals surface area contributed by atoms with Crippen molar-refractivity contribution in [2.24, 2.45) is 0 Å². The van der Waals surface area contributed by atoms with Crippen LogP contribution in [0.25, 0.3) is 22.3 Å². The molecule has 3 amide bonds. The van der Waals surface area contributed by atoms with E-state index in [9.17, 15) is 28.8 Å². The van der Waals surface area contributed by atoms with Gasteiger partial charge in [0.2, 0.25) is 5.91 Å². The molecule has 0 unspecified atom stereocenters. The van der Waals surface area contributed by atoms with Crippen molar-refractivity contribution in [1.82, 2.24) is 16.0 Å². The molecule has 56 heavy (non-hydrogen) atoms. The zero-order chi connectivity index (χ0) is 40.0. The van der Waals surface area contributed by atoms with E-state index in [1.54, 1.807) is 0 Å². The van der Waals surface area contributed by atoms with Gasteiger partial charge in [-0.05, 0) is 50.9 Å². The molecule has 292 valence electrons. The summed E-state index contributed by atoms with van der Waals surface area (Å²) in [5.41, 5.74) is 8.94. The van der Waals surface area contributed by atoms with Gasteiger partial charge < -0.3 is 40.4 Å². The largest absolute Gasteiger partial charge is 0.481 e. The zero-order valence-electron chi connectivity index (χ0n) is 30.7. The van der Waals surface area contributed by atoms with Crippen molar-refractivity contribution in [3.8, 4) is 22.3 Å². The third kappa shape index (κ3) is 10.5. The number of aliphatic carboxylic acids is 2. The number of carboxylic acids is 2. The van der Waals surface area contributed by atoms with E-state index in [4.69, 9.17) is 19.7 Å². The van der Waals surface area contributed by atoms with Crippen molar-refractivity contribution < 1.29 is 53.2 Å². The predicted octanol–water partition coefficient (Wildman–Crippen LogP) is 5.44. The van der Waals surface area contributed by atoms with Crippen LogP contribution in [-0.2, 0) is 33.4 Å². The molecular formula is C42H43N3O11. The first kappa shape index (κ1) is 40.5. The molecule has 0 saturated carbocycles. The first-order valence-electron chi connectivity index (χ1n) is 18.1. The van der Waals surface area contributed by atoms with Crippen LogP contribution in [0.15, 0.2) is 97.1 Å². The number of rotatable bonds is 15. The molecule has 1 atom stereocenters. The SMILES string of the molecule is COC(=O)CCNC(=O)OCC1c2ccccc2-c2ccccc21.O=C(O)CCNC(=O)[C@@H](CCC(=O)O)NC(=O)OCC1c2ccccc2-c2ccccc21. The van der Waals surface area contributed by atoms with E-state index in [2.05, 4.69) is 45.0 Å². The van der Waals surface area contributed by atoms with Gasteiger partial charge in [0.25, 0.3) is 0 Å². The number of methoxy groups -OCH3 is 1. The number of amides is 3. The van der Waals surface area contributed by atoms with Crippen molar-refractivity contribution in [1.29, 1.82) is 0 Å². The van der Waals surface area contributed by atoms with Crippen molar-refractivity contribution in [2.45, 2.75) is 43.6 Å². The summed E-state index contributed by atoms with van der Waals surface area (Å²) in [5.74, 6) is -3.37. The summed E-state index contributed by atoms with van der Waals surface area (Å²) in [6.07, 6.45) is -2.04. The lowest BCUT2D eigenvalue weighted by Gasteiger charge is -2.19. The number of ether oxygens (including phenoxy) is 3. The molecule has 0 bridgehead atoms. The van der Waals surface area contributed by atoms with Gasteiger partial charge in [-0.2, -0.15) is 0 Å². The Morgan fingerprint density at radius 2 is 0.982 bits per heavy atom. The molecule has 0 aromatic heterocycles. The minimum atomic E-state index is -1.16. The number of alkyl carbamates (subject to hydrolysis) is 2. The number of carboxylic acid groups (broad SMARTS) is 2. The topological polar surface area (TPSA) is 207 Å². The van der Waals surface area contributed by atoms with Crippen LogP contribution in [0, 0.1) is 0 Å². The lowest BCUT2D eigenvalue weighted by atomic mass is 9.98. The molecule has 4 aromatic rings. The van der Waals surface area contributed by atoms with E-state index in [0.29, 0.717) is 0 Å². The molecule has 0 aliphatic heterocycles. The first-order valence-corrected chi connectivity index (χ1v) is 18.1. The molecule has 2 aliphatic carbocycles. The van der Waals surface area contributed by atoms with Gasteiger partial charge in [-0.15, -0.1) is 0 Å². The van der Waals surface area contributed by atoms with Crippen LogP contribution in [0.2, 0.25) is 0 Å². The quantitative estimate of drug-likeness (QED) is 0.0761. The van der Waals surface area contributed by atoms with Crippen molar-refractivity contribution in [3.05, 3.63) is 119 Å². The van der Waals surface area contributed by atoms with E-state index in [1.807, 2.05) is 72.8 Å². The highest BCUT2D eigenvalue weighted by atomic mass is 16.6. The molecule has 0 radical (unpaired) electrons. The normalized spacial score (nSPS) is 12.6. The number of benzene rings is 4. The molecule has 4 aromatic carbocycles. The van der Waals surface area contributed by atoms with Crippen molar-refractivity contribution >= 4 is 36.0 Å². The second-order valence-corrected chi connectivity index (χ2v) is 13.0. The Kier molecular flexibility index (Phi) is 14.2. The van der Waals surface area contributed by atoms with Gasteiger partial charge in [-0.25, -0.2) is 9.59 Å². The highest BCUT2D eigenvalue weighted by Gasteiger charge is 2.31. The minimum absolute atomic E-state index is 0.0313. The van der Waals surface area contributed by atoms with Crippen LogP contribution in [0.1, 0.15) is 59.8 Å². The molecule has 5 N–H and O–H groups in total. The van der Waals surface area contributed by atoms with Crippen molar-refractivity contribution in [2.75, 3.05) is 33.4 Å². The van der Waals surface area contributed by atoms with Crippen LogP contribution < -0.4 is 16.0 Å². The molecule has 0 spiro atoms. The fraction of sp³-hybridized carbons (Fsp3) is 0.286. The summed E-state index contributed by atoms with van der Waals surface area (Å²) in [7, 11) is 1.32. The van der Waals surface area contributed by atoms with E-state index < -0.39 is 36.1 Å². The monoisotopic (exact) mass is 765 g/mol. The van der Waals surface area contributed by atoms with Gasteiger partial charge in [0.15, 0.2) is 0 Å². The highest BCUT2D eigenvalue weighted by molar-refractivity contribution is 5.86. The maximum atomic E-state index is 12.4. The number of fused-ring (bicyclic) bond motifs is 6. The lowest BCUT2D eigenvalue weighted by Crippen LogP contribution is -2.47. The number of hydrogen-bond acceptors (Lipinski definition) is 9. The standard InChI is InChI=1S/C23H24N2O7.C19H19NO4/c26-20(27)10-9-19(22(30)24-12-11-21(28)29)25-23(31)32-13-18-16-7-3-1-5-14(16)15-6-2-4-8-17(15)18;1-23-18(21)10-11-20-19(22)24-12-17-15-8-4-2-6-13(15)14-7-3-5-9-16(14)17/h1-8,18-19H,9-13H2,(H,24,30)(H,25,31)(H,26,27)(H,28,29);2-9,17H,10-12H2,1H3,(H,20,22)/t19-;/m1./s1. The summed E-state index contributed by atoms with van der Waals surface area (Å²) in [5, 5.41) is 24.9. The average Bonchev–Trinajstić information content (AvgIpc) is 3.70. The summed E-state index contributed by atoms with van der Waals surface area (Å²) in [4.78, 5) is 69.0. The fourth-order valence-electron chi connectivity index (χ4n) is 6.75. The molecular weight excluding hydrogens is 722 g/mol. The number of carbonyl (C=O) groups is 6. The Hall–Kier alpha value is -6.70. The molecule has 0 fully saturated rings. The maximum absolute atomic E-state index is 12.4. The summed E-state index contributed by atoms with van der Waals surface area (Å²) in [6, 6.07) is 30.9. The fourth-order valence-corrected chi connectivity index (χ4v) is 6.75. The van der Waals surface area contributed by atoms with E-state index in [-0.39, 0.29) is 69.8 Å². The lowest BCUT2D eigenvalue weighted by molar-refractivity contribution is -0.140. The maximum Gasteiger partial charge on any atom is 0.407 e. The third-order valence-electron chi connectivity index (χ3n) is 9.41. The smallest absolute Gasteiger partial charge is 0.407 e. The number of carbonyl (C=O) groups excluding carboxylic acids is 4. The van der Waals surface area contributed by atoms with Gasteiger partial charge in [-0.3, -0.25) is 19.2 Å². The zero-order valence-corrected chi connectivity index (χ0v) is 30.7. The first-order chi connectivity index (χ1) is 27.1. The molecule has 14 nitrogen and oxygen atoms in total. The molecule has 6 rings (SSSR count). The van der Waals surface area contributed by atoms with Gasteiger partial charge in [0, 0.05) is 31.3 Å². The van der Waals surface area contributed by atoms with Gasteiger partial charge in [0.05, 0.1) is 20.0 Å².